The average molecular weight is 299 g/mol. The van der Waals surface area contributed by atoms with Crippen LogP contribution in [-0.2, 0) is 6.42 Å². The summed E-state index contributed by atoms with van der Waals surface area (Å²) in [5.74, 6) is 0.878. The van der Waals surface area contributed by atoms with E-state index in [0.717, 1.165) is 43.8 Å². The fourth-order valence-corrected chi connectivity index (χ4v) is 2.73. The second kappa shape index (κ2) is 6.64. The van der Waals surface area contributed by atoms with Crippen LogP contribution in [0, 0.1) is 0 Å². The van der Waals surface area contributed by atoms with Gasteiger partial charge < -0.3 is 14.6 Å². The van der Waals surface area contributed by atoms with Crippen LogP contribution in [0.1, 0.15) is 35.9 Å². The molecule has 5 heteroatoms. The Labute approximate surface area is 130 Å². The normalized spacial score (nSPS) is 15.8. The van der Waals surface area contributed by atoms with Crippen molar-refractivity contribution < 1.29 is 9.53 Å². The van der Waals surface area contributed by atoms with Crippen LogP contribution in [0.5, 0.6) is 5.75 Å². The van der Waals surface area contributed by atoms with Crippen LogP contribution in [-0.4, -0.2) is 40.0 Å². The summed E-state index contributed by atoms with van der Waals surface area (Å²) >= 11 is 0. The molecule has 0 radical (unpaired) electrons. The zero-order chi connectivity index (χ0) is 15.4. The number of ether oxygens (including phenoxy) is 1. The lowest BCUT2D eigenvalue weighted by atomic mass is 10.1. The number of hydrogen-bond acceptors (Lipinski definition) is 3. The number of piperidine rings is 1. The van der Waals surface area contributed by atoms with Crippen molar-refractivity contribution >= 4 is 5.91 Å². The van der Waals surface area contributed by atoms with E-state index in [2.05, 4.69) is 16.9 Å². The van der Waals surface area contributed by atoms with Gasteiger partial charge in [-0.2, -0.15) is 0 Å². The lowest BCUT2D eigenvalue weighted by Crippen LogP contribution is -2.41. The average Bonchev–Trinajstić information content (AvgIpc) is 3.05. The molecule has 1 amide bonds. The number of nitrogens with zero attached hydrogens (tertiary/aromatic N) is 2. The molecule has 5 nitrogen and oxygen atoms in total. The molecular weight excluding hydrogens is 278 g/mol. The molecule has 0 spiro atoms. The summed E-state index contributed by atoms with van der Waals surface area (Å²) in [6.07, 6.45) is 6.22. The van der Waals surface area contributed by atoms with Gasteiger partial charge in [0.05, 0.1) is 6.20 Å². The third-order valence-electron chi connectivity index (χ3n) is 4.02. The van der Waals surface area contributed by atoms with Crippen LogP contribution in [0.4, 0.5) is 0 Å². The molecule has 2 aromatic heterocycles. The Bertz CT molecular complexity index is 616. The second-order valence-corrected chi connectivity index (χ2v) is 5.55. The van der Waals surface area contributed by atoms with Crippen LogP contribution < -0.4 is 4.74 Å². The Morgan fingerprint density at radius 1 is 1.36 bits per heavy atom. The number of pyridine rings is 1. The van der Waals surface area contributed by atoms with E-state index in [4.69, 9.17) is 4.74 Å². The van der Waals surface area contributed by atoms with Gasteiger partial charge in [-0.1, -0.05) is 6.92 Å². The van der Waals surface area contributed by atoms with Crippen molar-refractivity contribution in [3.63, 3.8) is 0 Å². The Balaban J connectivity index is 1.54. The minimum absolute atomic E-state index is 0.0829. The lowest BCUT2D eigenvalue weighted by Gasteiger charge is -2.31. The maximum atomic E-state index is 12.4. The first kappa shape index (κ1) is 14.6. The van der Waals surface area contributed by atoms with Gasteiger partial charge in [0.25, 0.3) is 5.91 Å². The summed E-state index contributed by atoms with van der Waals surface area (Å²) in [5, 5.41) is 0. The number of nitrogens with one attached hydrogen (secondary N) is 1. The number of hydrogen-bond donors (Lipinski definition) is 1. The van der Waals surface area contributed by atoms with E-state index in [1.54, 1.807) is 12.4 Å². The molecule has 0 aromatic carbocycles. The second-order valence-electron chi connectivity index (χ2n) is 5.55. The van der Waals surface area contributed by atoms with Gasteiger partial charge in [0.1, 0.15) is 17.5 Å². The summed E-state index contributed by atoms with van der Waals surface area (Å²) < 4.78 is 5.90. The van der Waals surface area contributed by atoms with Crippen molar-refractivity contribution in [2.45, 2.75) is 32.3 Å². The molecular formula is C17H21N3O2. The molecule has 0 aliphatic carbocycles. The van der Waals surface area contributed by atoms with E-state index < -0.39 is 0 Å². The molecule has 0 unspecified atom stereocenters. The van der Waals surface area contributed by atoms with E-state index >= 15 is 0 Å². The fraction of sp³-hybridized carbons (Fsp3) is 0.412. The molecule has 0 bridgehead atoms. The summed E-state index contributed by atoms with van der Waals surface area (Å²) in [5.41, 5.74) is 1.78. The number of amides is 1. The molecule has 2 aromatic rings. The van der Waals surface area contributed by atoms with Crippen molar-refractivity contribution in [3.8, 4) is 5.75 Å². The standard InChI is InChI=1S/C17H21N3O2/c1-2-13-5-6-16(19-13)17(21)20-10-7-14(8-11-20)22-15-4-3-9-18-12-15/h3-6,9,12,14,19H,2,7-8,10-11H2,1H3. The first-order valence-corrected chi connectivity index (χ1v) is 7.80. The van der Waals surface area contributed by atoms with E-state index in [0.29, 0.717) is 5.69 Å². The molecule has 1 saturated heterocycles. The Hall–Kier alpha value is -2.30. The van der Waals surface area contributed by atoms with Gasteiger partial charge in [0.15, 0.2) is 0 Å². The molecule has 0 saturated carbocycles. The molecule has 1 aliphatic rings. The minimum Gasteiger partial charge on any atom is -0.489 e. The quantitative estimate of drug-likeness (QED) is 0.944. The third-order valence-corrected chi connectivity index (χ3v) is 4.02. The van der Waals surface area contributed by atoms with E-state index in [-0.39, 0.29) is 12.0 Å². The highest BCUT2D eigenvalue weighted by Crippen LogP contribution is 2.19. The number of carbonyl (C=O) groups excluding carboxylic acids is 1. The van der Waals surface area contributed by atoms with Crippen LogP contribution >= 0.6 is 0 Å². The van der Waals surface area contributed by atoms with Gasteiger partial charge in [-0.15, -0.1) is 0 Å². The SMILES string of the molecule is CCc1ccc(C(=O)N2CCC(Oc3cccnc3)CC2)[nH]1. The highest BCUT2D eigenvalue weighted by molar-refractivity contribution is 5.92. The molecule has 3 rings (SSSR count). The highest BCUT2D eigenvalue weighted by atomic mass is 16.5. The largest absolute Gasteiger partial charge is 0.489 e. The van der Waals surface area contributed by atoms with Gasteiger partial charge in [0.2, 0.25) is 0 Å². The van der Waals surface area contributed by atoms with Crippen LogP contribution in [0.2, 0.25) is 0 Å². The van der Waals surface area contributed by atoms with Crippen LogP contribution in [0.15, 0.2) is 36.7 Å². The lowest BCUT2D eigenvalue weighted by molar-refractivity contribution is 0.0590. The molecule has 22 heavy (non-hydrogen) atoms. The first-order valence-electron chi connectivity index (χ1n) is 7.80. The number of aromatic nitrogens is 2. The van der Waals surface area contributed by atoms with E-state index in [1.165, 1.54) is 0 Å². The number of aromatic amines is 1. The van der Waals surface area contributed by atoms with E-state index in [9.17, 15) is 4.79 Å². The van der Waals surface area contributed by atoms with Crippen molar-refractivity contribution in [1.82, 2.24) is 14.9 Å². The van der Waals surface area contributed by atoms with Gasteiger partial charge in [-0.25, -0.2) is 0 Å². The van der Waals surface area contributed by atoms with Crippen molar-refractivity contribution in [2.75, 3.05) is 13.1 Å². The van der Waals surface area contributed by atoms with Gasteiger partial charge in [-0.3, -0.25) is 9.78 Å². The molecule has 1 fully saturated rings. The maximum Gasteiger partial charge on any atom is 0.270 e. The Kier molecular flexibility index (Phi) is 4.42. The number of H-pyrrole nitrogens is 1. The number of rotatable bonds is 4. The number of aryl methyl sites for hydroxylation is 1. The zero-order valence-corrected chi connectivity index (χ0v) is 12.8. The fourth-order valence-electron chi connectivity index (χ4n) is 2.73. The molecule has 116 valence electrons. The smallest absolute Gasteiger partial charge is 0.270 e. The predicted octanol–water partition coefficient (Wildman–Crippen LogP) is 2.66. The highest BCUT2D eigenvalue weighted by Gasteiger charge is 2.25. The summed E-state index contributed by atoms with van der Waals surface area (Å²) in [4.78, 5) is 21.6. The van der Waals surface area contributed by atoms with Crippen LogP contribution in [0.3, 0.4) is 0 Å². The van der Waals surface area contributed by atoms with Crippen molar-refractivity contribution in [2.24, 2.45) is 0 Å². The monoisotopic (exact) mass is 299 g/mol. The van der Waals surface area contributed by atoms with Crippen molar-refractivity contribution in [3.05, 3.63) is 48.0 Å². The molecule has 3 heterocycles. The Morgan fingerprint density at radius 2 is 2.18 bits per heavy atom. The van der Waals surface area contributed by atoms with Crippen molar-refractivity contribution in [1.29, 1.82) is 0 Å². The molecule has 0 atom stereocenters. The Morgan fingerprint density at radius 3 is 2.82 bits per heavy atom. The summed E-state index contributed by atoms with van der Waals surface area (Å²) in [7, 11) is 0. The van der Waals surface area contributed by atoms with Gasteiger partial charge >= 0.3 is 0 Å². The third kappa shape index (κ3) is 3.30. The molecule has 1 aliphatic heterocycles. The summed E-state index contributed by atoms with van der Waals surface area (Å²) in [6, 6.07) is 7.63. The van der Waals surface area contributed by atoms with Gasteiger partial charge in [-0.05, 0) is 30.7 Å². The molecule has 1 N–H and O–H groups in total. The predicted molar refractivity (Wildman–Crippen MR) is 84.0 cm³/mol. The van der Waals surface area contributed by atoms with Crippen LogP contribution in [0.25, 0.3) is 0 Å². The van der Waals surface area contributed by atoms with Gasteiger partial charge in [0, 0.05) is 37.8 Å². The first-order chi connectivity index (χ1) is 10.8. The zero-order valence-electron chi connectivity index (χ0n) is 12.8. The summed E-state index contributed by atoms with van der Waals surface area (Å²) in [6.45, 7) is 3.52. The van der Waals surface area contributed by atoms with E-state index in [1.807, 2.05) is 29.2 Å². The number of likely N-dealkylation sites (tertiary alicyclic amines) is 1. The minimum atomic E-state index is 0.0829. The maximum absolute atomic E-state index is 12.4. The topological polar surface area (TPSA) is 58.2 Å². The number of carbonyl (C=O) groups is 1.